The van der Waals surface area contributed by atoms with Crippen molar-refractivity contribution in [3.05, 3.63) is 40.8 Å². The van der Waals surface area contributed by atoms with Crippen LogP contribution in [0.3, 0.4) is 0 Å². The van der Waals surface area contributed by atoms with Crippen molar-refractivity contribution in [2.75, 3.05) is 18.5 Å². The Morgan fingerprint density at radius 3 is 2.40 bits per heavy atom. The van der Waals surface area contributed by atoms with Crippen LogP contribution >= 0.6 is 22.9 Å². The highest BCUT2D eigenvalue weighted by atomic mass is 35.5. The van der Waals surface area contributed by atoms with E-state index < -0.39 is 23.9 Å². The normalized spacial score (nSPS) is 28.5. The number of halogens is 1. The zero-order valence-electron chi connectivity index (χ0n) is 20.0. The number of esters is 2. The molecule has 0 aliphatic heterocycles. The lowest BCUT2D eigenvalue weighted by molar-refractivity contribution is -0.171. The fourth-order valence-corrected chi connectivity index (χ4v) is 8.59. The van der Waals surface area contributed by atoms with E-state index in [2.05, 4.69) is 5.32 Å². The molecular formula is C27H30ClNO5S. The summed E-state index contributed by atoms with van der Waals surface area (Å²) in [5.74, 6) is -0.357. The molecule has 4 fully saturated rings. The van der Waals surface area contributed by atoms with Gasteiger partial charge in [0.15, 0.2) is 6.61 Å². The van der Waals surface area contributed by atoms with Gasteiger partial charge in [-0.25, -0.2) is 4.79 Å². The number of hydrogen-bond donors (Lipinski definition) is 1. The van der Waals surface area contributed by atoms with Gasteiger partial charge in [0.1, 0.15) is 10.6 Å². The van der Waals surface area contributed by atoms with Crippen LogP contribution in [0.2, 0.25) is 0 Å². The molecule has 1 heterocycles. The standard InChI is InChI=1S/C27H30ClNO5S/c1-3-33-24(31)22-21(19-7-5-4-6-8-19)16(2)35-23(22)29-20(30)14-34-25(32)26-10-17-9-18(11-26)13-27(28,12-17)15-26/h4-8,17-18H,3,9-15H2,1-2H3,(H,29,30). The molecule has 2 unspecified atom stereocenters. The molecule has 186 valence electrons. The molecule has 1 aromatic heterocycles. The predicted molar refractivity (Wildman–Crippen MR) is 136 cm³/mol. The maximum atomic E-state index is 13.2. The van der Waals surface area contributed by atoms with Crippen molar-refractivity contribution in [2.45, 2.75) is 57.2 Å². The largest absolute Gasteiger partial charge is 0.462 e. The second kappa shape index (κ2) is 9.25. The van der Waals surface area contributed by atoms with E-state index in [1.807, 2.05) is 37.3 Å². The van der Waals surface area contributed by atoms with E-state index in [4.69, 9.17) is 21.1 Å². The monoisotopic (exact) mass is 515 g/mol. The number of hydrogen-bond acceptors (Lipinski definition) is 6. The molecule has 1 N–H and O–H groups in total. The van der Waals surface area contributed by atoms with Crippen molar-refractivity contribution in [3.63, 3.8) is 0 Å². The van der Waals surface area contributed by atoms with Crippen molar-refractivity contribution < 1.29 is 23.9 Å². The van der Waals surface area contributed by atoms with Crippen LogP contribution in [0.4, 0.5) is 5.00 Å². The molecule has 4 aliphatic rings. The number of aryl methyl sites for hydroxylation is 1. The second-order valence-electron chi connectivity index (χ2n) is 10.3. The van der Waals surface area contributed by atoms with Crippen molar-refractivity contribution >= 4 is 45.8 Å². The van der Waals surface area contributed by atoms with Crippen molar-refractivity contribution in [1.82, 2.24) is 0 Å². The first kappa shape index (κ1) is 24.3. The van der Waals surface area contributed by atoms with Gasteiger partial charge >= 0.3 is 11.9 Å². The van der Waals surface area contributed by atoms with Crippen LogP contribution in [0, 0.1) is 24.2 Å². The first-order chi connectivity index (χ1) is 16.7. The molecule has 6 rings (SSSR count). The molecule has 0 spiro atoms. The van der Waals surface area contributed by atoms with Gasteiger partial charge in [-0.3, -0.25) is 9.59 Å². The molecule has 1 aromatic carbocycles. The smallest absolute Gasteiger partial charge is 0.341 e. The number of thiophene rings is 1. The number of alkyl halides is 1. The van der Waals surface area contributed by atoms with E-state index in [0.29, 0.717) is 28.8 Å². The van der Waals surface area contributed by atoms with Crippen molar-refractivity contribution in [2.24, 2.45) is 17.3 Å². The molecule has 1 amide bonds. The average Bonchev–Trinajstić information content (AvgIpc) is 3.12. The Hall–Kier alpha value is -2.38. The molecular weight excluding hydrogens is 486 g/mol. The molecule has 8 heteroatoms. The summed E-state index contributed by atoms with van der Waals surface area (Å²) in [4.78, 5) is 39.4. The highest BCUT2D eigenvalue weighted by Gasteiger charge is 2.60. The van der Waals surface area contributed by atoms with E-state index in [-0.39, 0.29) is 17.5 Å². The number of ether oxygens (including phenoxy) is 2. The number of rotatable bonds is 7. The SMILES string of the molecule is CCOC(=O)c1c(NC(=O)COC(=O)C23CC4CC(CC(Cl)(C4)C2)C3)sc(C)c1-c1ccccc1. The lowest BCUT2D eigenvalue weighted by Gasteiger charge is -2.58. The van der Waals surface area contributed by atoms with Gasteiger partial charge in [-0.1, -0.05) is 30.3 Å². The topological polar surface area (TPSA) is 81.7 Å². The number of carbonyl (C=O) groups is 3. The van der Waals surface area contributed by atoms with Crippen molar-refractivity contribution in [3.8, 4) is 11.1 Å². The Kier molecular flexibility index (Phi) is 6.43. The van der Waals surface area contributed by atoms with Gasteiger partial charge in [0.25, 0.3) is 5.91 Å². The van der Waals surface area contributed by atoms with E-state index in [9.17, 15) is 14.4 Å². The summed E-state index contributed by atoms with van der Waals surface area (Å²) in [6.07, 6.45) is 5.32. The van der Waals surface area contributed by atoms with Crippen LogP contribution in [-0.2, 0) is 19.1 Å². The lowest BCUT2D eigenvalue weighted by atomic mass is 9.49. The summed E-state index contributed by atoms with van der Waals surface area (Å²) in [6.45, 7) is 3.47. The quantitative estimate of drug-likeness (QED) is 0.363. The Morgan fingerprint density at radius 2 is 1.77 bits per heavy atom. The van der Waals surface area contributed by atoms with Crippen molar-refractivity contribution in [1.29, 1.82) is 0 Å². The van der Waals surface area contributed by atoms with Gasteiger partial charge in [-0.15, -0.1) is 22.9 Å². The molecule has 0 radical (unpaired) electrons. The Labute approximate surface area is 214 Å². The van der Waals surface area contributed by atoms with Gasteiger partial charge in [-0.05, 0) is 69.8 Å². The minimum atomic E-state index is -0.567. The Balaban J connectivity index is 1.30. The zero-order valence-corrected chi connectivity index (χ0v) is 21.6. The maximum Gasteiger partial charge on any atom is 0.341 e. The Morgan fingerprint density at radius 1 is 1.09 bits per heavy atom. The molecule has 4 aliphatic carbocycles. The van der Waals surface area contributed by atoms with E-state index in [1.165, 1.54) is 11.3 Å². The first-order valence-electron chi connectivity index (χ1n) is 12.2. The van der Waals surface area contributed by atoms with Crippen LogP contribution in [0.25, 0.3) is 11.1 Å². The molecule has 35 heavy (non-hydrogen) atoms. The number of benzene rings is 1. The summed E-state index contributed by atoms with van der Waals surface area (Å²) < 4.78 is 10.8. The maximum absolute atomic E-state index is 13.2. The summed E-state index contributed by atoms with van der Waals surface area (Å²) in [7, 11) is 0. The fraction of sp³-hybridized carbons (Fsp3) is 0.519. The van der Waals surface area contributed by atoms with Crippen LogP contribution in [0.15, 0.2) is 30.3 Å². The number of anilines is 1. The molecule has 4 saturated carbocycles. The second-order valence-corrected chi connectivity index (χ2v) is 12.4. The fourth-order valence-electron chi connectivity index (χ4n) is 6.82. The third-order valence-electron chi connectivity index (χ3n) is 7.64. The molecule has 0 saturated heterocycles. The predicted octanol–water partition coefficient (Wildman–Crippen LogP) is 5.96. The Bertz CT molecular complexity index is 1150. The molecule has 2 aromatic rings. The zero-order chi connectivity index (χ0) is 24.8. The van der Waals surface area contributed by atoms with Crippen LogP contribution < -0.4 is 5.32 Å². The molecule has 2 atom stereocenters. The third-order valence-corrected chi connectivity index (χ3v) is 9.10. The van der Waals surface area contributed by atoms with E-state index in [1.54, 1.807) is 6.92 Å². The third kappa shape index (κ3) is 4.60. The van der Waals surface area contributed by atoms with Gasteiger partial charge in [-0.2, -0.15) is 0 Å². The van der Waals surface area contributed by atoms with Crippen LogP contribution in [0.1, 0.15) is 60.7 Å². The van der Waals surface area contributed by atoms with Crippen LogP contribution in [0.5, 0.6) is 0 Å². The van der Waals surface area contributed by atoms with Gasteiger partial charge < -0.3 is 14.8 Å². The van der Waals surface area contributed by atoms with Gasteiger partial charge in [0.05, 0.1) is 12.0 Å². The molecule has 6 nitrogen and oxygen atoms in total. The summed E-state index contributed by atoms with van der Waals surface area (Å²) in [5.41, 5.74) is 1.36. The van der Waals surface area contributed by atoms with E-state index >= 15 is 0 Å². The average molecular weight is 516 g/mol. The number of carbonyl (C=O) groups excluding carboxylic acids is 3. The minimum Gasteiger partial charge on any atom is -0.462 e. The summed E-state index contributed by atoms with van der Waals surface area (Å²) >= 11 is 8.15. The first-order valence-corrected chi connectivity index (χ1v) is 13.4. The number of nitrogens with one attached hydrogen (secondary N) is 1. The number of amides is 1. The lowest BCUT2D eigenvalue weighted by Crippen LogP contribution is -2.56. The minimum absolute atomic E-state index is 0.221. The molecule has 4 bridgehead atoms. The van der Waals surface area contributed by atoms with E-state index in [0.717, 1.165) is 48.1 Å². The summed E-state index contributed by atoms with van der Waals surface area (Å²) in [5, 5.41) is 3.19. The highest BCUT2D eigenvalue weighted by molar-refractivity contribution is 7.17. The summed E-state index contributed by atoms with van der Waals surface area (Å²) in [6, 6.07) is 9.53. The van der Waals surface area contributed by atoms with Crippen LogP contribution in [-0.4, -0.2) is 35.9 Å². The van der Waals surface area contributed by atoms with Gasteiger partial charge in [0, 0.05) is 15.3 Å². The van der Waals surface area contributed by atoms with Gasteiger partial charge in [0.2, 0.25) is 0 Å². The highest BCUT2D eigenvalue weighted by Crippen LogP contribution is 2.64.